The normalized spacial score (nSPS) is 13.1. The van der Waals surface area contributed by atoms with Crippen LogP contribution in [0.5, 0.6) is 5.75 Å². The van der Waals surface area contributed by atoms with E-state index >= 15 is 0 Å². The van der Waals surface area contributed by atoms with Crippen LogP contribution in [-0.2, 0) is 13.0 Å². The average molecular weight is 286 g/mol. The molecule has 3 rings (SSSR count). The van der Waals surface area contributed by atoms with E-state index in [1.54, 1.807) is 6.07 Å². The van der Waals surface area contributed by atoms with Gasteiger partial charge in [0.15, 0.2) is 5.76 Å². The lowest BCUT2D eigenvalue weighted by molar-refractivity contribution is 0.0947. The first-order valence-corrected chi connectivity index (χ1v) is 7.13. The van der Waals surface area contributed by atoms with Crippen molar-refractivity contribution in [3.8, 4) is 5.75 Å². The summed E-state index contributed by atoms with van der Waals surface area (Å²) in [5, 5.41) is 6.82. The Bertz CT molecular complexity index is 661. The van der Waals surface area contributed by atoms with Gasteiger partial charge < -0.3 is 14.6 Å². The number of benzene rings is 1. The molecular formula is C16H18N2O3. The summed E-state index contributed by atoms with van der Waals surface area (Å²) < 4.78 is 10.6. The zero-order valence-electron chi connectivity index (χ0n) is 12.2. The molecule has 5 nitrogen and oxygen atoms in total. The van der Waals surface area contributed by atoms with E-state index in [0.29, 0.717) is 30.4 Å². The van der Waals surface area contributed by atoms with Crippen molar-refractivity contribution in [1.29, 1.82) is 0 Å². The van der Waals surface area contributed by atoms with Crippen molar-refractivity contribution in [2.45, 2.75) is 32.7 Å². The van der Waals surface area contributed by atoms with Crippen molar-refractivity contribution >= 4 is 5.91 Å². The topological polar surface area (TPSA) is 64.4 Å². The molecule has 0 atom stereocenters. The summed E-state index contributed by atoms with van der Waals surface area (Å²) >= 11 is 0. The van der Waals surface area contributed by atoms with Gasteiger partial charge in [0.2, 0.25) is 0 Å². The monoisotopic (exact) mass is 286 g/mol. The van der Waals surface area contributed by atoms with Crippen molar-refractivity contribution in [2.24, 2.45) is 0 Å². The van der Waals surface area contributed by atoms with Crippen LogP contribution in [0.25, 0.3) is 0 Å². The van der Waals surface area contributed by atoms with Gasteiger partial charge in [-0.1, -0.05) is 19.0 Å². The molecule has 2 heterocycles. The smallest absolute Gasteiger partial charge is 0.251 e. The quantitative estimate of drug-likeness (QED) is 0.938. The molecule has 0 saturated heterocycles. The summed E-state index contributed by atoms with van der Waals surface area (Å²) in [4.78, 5) is 12.1. The highest BCUT2D eigenvalue weighted by molar-refractivity contribution is 5.94. The fourth-order valence-electron chi connectivity index (χ4n) is 2.28. The summed E-state index contributed by atoms with van der Waals surface area (Å²) in [5.74, 6) is 1.74. The fraction of sp³-hybridized carbons (Fsp3) is 0.375. The van der Waals surface area contributed by atoms with Gasteiger partial charge in [0, 0.05) is 18.1 Å². The Morgan fingerprint density at radius 2 is 2.24 bits per heavy atom. The Hall–Kier alpha value is -2.30. The highest BCUT2D eigenvalue weighted by atomic mass is 16.5. The van der Waals surface area contributed by atoms with Crippen molar-refractivity contribution in [3.63, 3.8) is 0 Å². The van der Waals surface area contributed by atoms with E-state index in [2.05, 4.69) is 10.5 Å². The number of carbonyl (C=O) groups is 1. The van der Waals surface area contributed by atoms with Gasteiger partial charge >= 0.3 is 0 Å². The van der Waals surface area contributed by atoms with Crippen LogP contribution in [0, 0.1) is 0 Å². The number of hydrogen-bond acceptors (Lipinski definition) is 4. The summed E-state index contributed by atoms with van der Waals surface area (Å²) in [5.41, 5.74) is 2.63. The van der Waals surface area contributed by atoms with Crippen LogP contribution >= 0.6 is 0 Å². The van der Waals surface area contributed by atoms with E-state index in [1.807, 2.05) is 32.0 Å². The second kappa shape index (κ2) is 5.60. The van der Waals surface area contributed by atoms with E-state index < -0.39 is 0 Å². The third-order valence-corrected chi connectivity index (χ3v) is 3.54. The molecule has 1 aromatic heterocycles. The van der Waals surface area contributed by atoms with E-state index in [-0.39, 0.29) is 5.91 Å². The Kier molecular flexibility index (Phi) is 3.64. The predicted molar refractivity (Wildman–Crippen MR) is 77.4 cm³/mol. The third-order valence-electron chi connectivity index (χ3n) is 3.54. The van der Waals surface area contributed by atoms with Crippen LogP contribution in [0.1, 0.15) is 47.1 Å². The highest BCUT2D eigenvalue weighted by Crippen LogP contribution is 2.25. The lowest BCUT2D eigenvalue weighted by atomic mass is 10.1. The third kappa shape index (κ3) is 2.91. The first-order valence-electron chi connectivity index (χ1n) is 7.13. The molecule has 21 heavy (non-hydrogen) atoms. The minimum Gasteiger partial charge on any atom is -0.493 e. The molecule has 0 aliphatic carbocycles. The Balaban J connectivity index is 1.63. The molecule has 0 bridgehead atoms. The predicted octanol–water partition coefficient (Wildman–Crippen LogP) is 2.66. The summed E-state index contributed by atoms with van der Waals surface area (Å²) in [6.45, 7) is 5.13. The van der Waals surface area contributed by atoms with Crippen molar-refractivity contribution in [1.82, 2.24) is 10.5 Å². The highest BCUT2D eigenvalue weighted by Gasteiger charge is 2.15. The number of fused-ring (bicyclic) bond motifs is 1. The number of ether oxygens (including phenoxy) is 1. The molecule has 110 valence electrons. The molecular weight excluding hydrogens is 268 g/mol. The number of aromatic nitrogens is 1. The van der Waals surface area contributed by atoms with E-state index in [0.717, 1.165) is 23.4 Å². The van der Waals surface area contributed by atoms with Crippen molar-refractivity contribution in [3.05, 3.63) is 46.8 Å². The molecule has 1 N–H and O–H groups in total. The lowest BCUT2D eigenvalue weighted by Gasteiger charge is -2.04. The summed E-state index contributed by atoms with van der Waals surface area (Å²) in [6, 6.07) is 7.39. The maximum atomic E-state index is 12.1. The average Bonchev–Trinajstić information content (AvgIpc) is 3.12. The van der Waals surface area contributed by atoms with Gasteiger partial charge in [-0.15, -0.1) is 0 Å². The van der Waals surface area contributed by atoms with Crippen LogP contribution in [-0.4, -0.2) is 17.7 Å². The summed E-state index contributed by atoms with van der Waals surface area (Å²) in [6.07, 6.45) is 0.857. The minimum atomic E-state index is -0.118. The number of rotatable bonds is 4. The molecule has 1 amide bonds. The van der Waals surface area contributed by atoms with Gasteiger partial charge in [-0.2, -0.15) is 0 Å². The zero-order valence-corrected chi connectivity index (χ0v) is 12.2. The molecule has 1 aromatic carbocycles. The van der Waals surface area contributed by atoms with Crippen molar-refractivity contribution < 1.29 is 14.1 Å². The molecule has 2 aromatic rings. The number of nitrogens with zero attached hydrogens (tertiary/aromatic N) is 1. The SMILES string of the molecule is CC(C)c1cc(CNC(=O)c2ccc3c(c2)CCO3)on1. The standard InChI is InChI=1S/C16H18N2O3/c1-10(2)14-8-13(21-18-14)9-17-16(19)12-3-4-15-11(7-12)5-6-20-15/h3-4,7-8,10H,5-6,9H2,1-2H3,(H,17,19). The van der Waals surface area contributed by atoms with Gasteiger partial charge in [-0.05, 0) is 29.7 Å². The minimum absolute atomic E-state index is 0.118. The molecule has 0 spiro atoms. The van der Waals surface area contributed by atoms with Crippen LogP contribution in [0.3, 0.4) is 0 Å². The Morgan fingerprint density at radius 1 is 1.38 bits per heavy atom. The number of carbonyl (C=O) groups excluding carboxylic acids is 1. The van der Waals surface area contributed by atoms with Crippen LogP contribution in [0.2, 0.25) is 0 Å². The van der Waals surface area contributed by atoms with Gasteiger partial charge in [0.25, 0.3) is 5.91 Å². The number of nitrogens with one attached hydrogen (secondary N) is 1. The fourth-order valence-corrected chi connectivity index (χ4v) is 2.28. The molecule has 5 heteroatoms. The Labute approximate surface area is 123 Å². The summed E-state index contributed by atoms with van der Waals surface area (Å²) in [7, 11) is 0. The maximum absolute atomic E-state index is 12.1. The van der Waals surface area contributed by atoms with E-state index in [1.165, 1.54) is 0 Å². The molecule has 0 saturated carbocycles. The van der Waals surface area contributed by atoms with E-state index in [4.69, 9.17) is 9.26 Å². The molecule has 0 radical (unpaired) electrons. The van der Waals surface area contributed by atoms with Gasteiger partial charge in [-0.25, -0.2) is 0 Å². The Morgan fingerprint density at radius 3 is 3.00 bits per heavy atom. The van der Waals surface area contributed by atoms with Crippen LogP contribution < -0.4 is 10.1 Å². The number of hydrogen-bond donors (Lipinski definition) is 1. The van der Waals surface area contributed by atoms with Crippen LogP contribution in [0.15, 0.2) is 28.8 Å². The first-order chi connectivity index (χ1) is 10.1. The zero-order chi connectivity index (χ0) is 14.8. The first kappa shape index (κ1) is 13.7. The maximum Gasteiger partial charge on any atom is 0.251 e. The number of amides is 1. The van der Waals surface area contributed by atoms with Crippen LogP contribution in [0.4, 0.5) is 0 Å². The molecule has 1 aliphatic rings. The van der Waals surface area contributed by atoms with Gasteiger partial charge in [0.05, 0.1) is 18.8 Å². The second-order valence-corrected chi connectivity index (χ2v) is 5.48. The van der Waals surface area contributed by atoms with Gasteiger partial charge in [-0.3, -0.25) is 4.79 Å². The van der Waals surface area contributed by atoms with E-state index in [9.17, 15) is 4.79 Å². The van der Waals surface area contributed by atoms with Crippen molar-refractivity contribution in [2.75, 3.05) is 6.61 Å². The molecule has 0 fully saturated rings. The molecule has 1 aliphatic heterocycles. The largest absolute Gasteiger partial charge is 0.493 e. The van der Waals surface area contributed by atoms with Gasteiger partial charge in [0.1, 0.15) is 5.75 Å². The molecule has 0 unspecified atom stereocenters. The lowest BCUT2D eigenvalue weighted by Crippen LogP contribution is -2.22. The second-order valence-electron chi connectivity index (χ2n) is 5.48.